The molecule has 2 bridgehead atoms. The number of hydrogen-bond acceptors (Lipinski definition) is 4. The first-order valence-electron chi connectivity index (χ1n) is 7.14. The van der Waals surface area contributed by atoms with Crippen LogP contribution in [0, 0.1) is 0 Å². The van der Waals surface area contributed by atoms with Crippen LogP contribution in [-0.4, -0.2) is 47.7 Å². The number of aromatic nitrogens is 1. The summed E-state index contributed by atoms with van der Waals surface area (Å²) in [5, 5.41) is 0. The van der Waals surface area contributed by atoms with E-state index in [0.717, 1.165) is 31.4 Å². The third-order valence-corrected chi connectivity index (χ3v) is 4.20. The molecule has 5 nitrogen and oxygen atoms in total. The lowest BCUT2D eigenvalue weighted by Crippen LogP contribution is -2.50. The zero-order valence-electron chi connectivity index (χ0n) is 11.7. The monoisotopic (exact) mass is 276 g/mol. The maximum absolute atomic E-state index is 12.1. The second-order valence-corrected chi connectivity index (χ2v) is 5.51. The Labute approximate surface area is 118 Å². The quantitative estimate of drug-likeness (QED) is 0.838. The number of piperidine rings is 1. The van der Waals surface area contributed by atoms with Crippen LogP contribution in [-0.2, 0) is 9.53 Å². The predicted molar refractivity (Wildman–Crippen MR) is 73.4 cm³/mol. The summed E-state index contributed by atoms with van der Waals surface area (Å²) in [4.78, 5) is 18.1. The Morgan fingerprint density at radius 3 is 2.55 bits per heavy atom. The summed E-state index contributed by atoms with van der Waals surface area (Å²) in [6.45, 7) is 0.183. The van der Waals surface area contributed by atoms with Crippen molar-refractivity contribution in [2.75, 3.05) is 13.7 Å². The first-order valence-corrected chi connectivity index (χ1v) is 7.14. The van der Waals surface area contributed by atoms with Gasteiger partial charge in [0.05, 0.1) is 0 Å². The average Bonchev–Trinajstić information content (AvgIpc) is 2.72. The molecule has 20 heavy (non-hydrogen) atoms. The number of carbonyl (C=O) groups excluding carboxylic acids is 1. The van der Waals surface area contributed by atoms with Crippen molar-refractivity contribution in [3.8, 4) is 5.75 Å². The number of fused-ring (bicyclic) bond motifs is 2. The molecule has 0 aliphatic carbocycles. The Hall–Kier alpha value is -1.62. The zero-order chi connectivity index (χ0) is 13.9. The van der Waals surface area contributed by atoms with Crippen LogP contribution >= 0.6 is 0 Å². The molecule has 1 aromatic rings. The van der Waals surface area contributed by atoms with Gasteiger partial charge in [0.15, 0.2) is 0 Å². The molecule has 0 N–H and O–H groups in total. The lowest BCUT2D eigenvalue weighted by atomic mass is 9.99. The van der Waals surface area contributed by atoms with Crippen molar-refractivity contribution < 1.29 is 14.3 Å². The van der Waals surface area contributed by atoms with E-state index in [0.29, 0.717) is 12.1 Å². The number of pyridine rings is 1. The van der Waals surface area contributed by atoms with Crippen molar-refractivity contribution in [3.63, 3.8) is 0 Å². The minimum atomic E-state index is 0.113. The highest BCUT2D eigenvalue weighted by atomic mass is 16.5. The summed E-state index contributed by atoms with van der Waals surface area (Å²) >= 11 is 0. The molecule has 0 aromatic carbocycles. The highest BCUT2D eigenvalue weighted by molar-refractivity contribution is 5.78. The van der Waals surface area contributed by atoms with E-state index in [4.69, 9.17) is 9.47 Å². The smallest absolute Gasteiger partial charge is 0.249 e. The van der Waals surface area contributed by atoms with Crippen molar-refractivity contribution in [2.24, 2.45) is 0 Å². The third kappa shape index (κ3) is 2.63. The van der Waals surface area contributed by atoms with E-state index in [9.17, 15) is 4.79 Å². The molecule has 2 aliphatic heterocycles. The summed E-state index contributed by atoms with van der Waals surface area (Å²) in [5.74, 6) is 0.975. The number of methoxy groups -OCH3 is 1. The zero-order valence-corrected chi connectivity index (χ0v) is 11.7. The lowest BCUT2D eigenvalue weighted by Gasteiger charge is -2.38. The Kier molecular flexibility index (Phi) is 3.87. The lowest BCUT2D eigenvalue weighted by molar-refractivity contribution is -0.141. The molecule has 5 heteroatoms. The molecule has 3 rings (SSSR count). The van der Waals surface area contributed by atoms with Crippen LogP contribution in [0.15, 0.2) is 24.5 Å². The summed E-state index contributed by atoms with van der Waals surface area (Å²) in [7, 11) is 1.57. The summed E-state index contributed by atoms with van der Waals surface area (Å²) in [6, 6.07) is 4.38. The molecule has 2 unspecified atom stereocenters. The molecule has 2 aliphatic rings. The predicted octanol–water partition coefficient (Wildman–Crippen LogP) is 1.63. The normalized spacial score (nSPS) is 28.4. The maximum Gasteiger partial charge on any atom is 0.249 e. The minimum absolute atomic E-state index is 0.113. The average molecular weight is 276 g/mol. The molecule has 2 fully saturated rings. The van der Waals surface area contributed by atoms with Gasteiger partial charge in [-0.15, -0.1) is 0 Å². The molecule has 108 valence electrons. The van der Waals surface area contributed by atoms with Gasteiger partial charge < -0.3 is 14.4 Å². The number of ether oxygens (including phenoxy) is 2. The van der Waals surface area contributed by atoms with Crippen molar-refractivity contribution in [3.05, 3.63) is 24.5 Å². The van der Waals surface area contributed by atoms with Gasteiger partial charge in [-0.05, 0) is 25.0 Å². The van der Waals surface area contributed by atoms with Gasteiger partial charge in [-0.25, -0.2) is 0 Å². The SMILES string of the molecule is COCC(=O)N1C2CCC1CC(Oc1ccncc1)C2. The van der Waals surface area contributed by atoms with E-state index in [1.54, 1.807) is 19.5 Å². The molecular weight excluding hydrogens is 256 g/mol. The highest BCUT2D eigenvalue weighted by Crippen LogP contribution is 2.37. The number of rotatable bonds is 4. The van der Waals surface area contributed by atoms with Crippen LogP contribution in [0.2, 0.25) is 0 Å². The van der Waals surface area contributed by atoms with Crippen molar-refractivity contribution in [1.82, 2.24) is 9.88 Å². The molecule has 1 amide bonds. The number of nitrogens with zero attached hydrogens (tertiary/aromatic N) is 2. The van der Waals surface area contributed by atoms with Gasteiger partial charge in [0.2, 0.25) is 5.91 Å². The third-order valence-electron chi connectivity index (χ3n) is 4.20. The van der Waals surface area contributed by atoms with Gasteiger partial charge in [-0.2, -0.15) is 0 Å². The number of hydrogen-bond donors (Lipinski definition) is 0. The Balaban J connectivity index is 1.63. The summed E-state index contributed by atoms with van der Waals surface area (Å²) < 4.78 is 11.0. The topological polar surface area (TPSA) is 51.7 Å². The van der Waals surface area contributed by atoms with Crippen LogP contribution in [0.4, 0.5) is 0 Å². The summed E-state index contributed by atoms with van der Waals surface area (Å²) in [6.07, 6.45) is 7.65. The molecule has 0 radical (unpaired) electrons. The molecule has 0 saturated carbocycles. The fourth-order valence-corrected chi connectivity index (χ4v) is 3.44. The Morgan fingerprint density at radius 2 is 1.95 bits per heavy atom. The fraction of sp³-hybridized carbons (Fsp3) is 0.600. The van der Waals surface area contributed by atoms with Gasteiger partial charge in [0, 0.05) is 44.4 Å². The van der Waals surface area contributed by atoms with E-state index < -0.39 is 0 Å². The van der Waals surface area contributed by atoms with Crippen LogP contribution < -0.4 is 4.74 Å². The largest absolute Gasteiger partial charge is 0.490 e. The van der Waals surface area contributed by atoms with Gasteiger partial charge in [0.1, 0.15) is 18.5 Å². The van der Waals surface area contributed by atoms with E-state index in [1.165, 1.54) is 0 Å². The Morgan fingerprint density at radius 1 is 1.30 bits per heavy atom. The number of carbonyl (C=O) groups is 1. The van der Waals surface area contributed by atoms with E-state index in [-0.39, 0.29) is 18.6 Å². The van der Waals surface area contributed by atoms with Crippen LogP contribution in [0.5, 0.6) is 5.75 Å². The first-order chi connectivity index (χ1) is 9.78. The maximum atomic E-state index is 12.1. The highest BCUT2D eigenvalue weighted by Gasteiger charge is 2.43. The standard InChI is InChI=1S/C15H20N2O3/c1-19-10-15(18)17-11-2-3-12(17)9-14(8-11)20-13-4-6-16-7-5-13/h4-7,11-12,14H,2-3,8-10H2,1H3. The molecular formula is C15H20N2O3. The molecule has 0 spiro atoms. The molecule has 2 saturated heterocycles. The van der Waals surface area contributed by atoms with Gasteiger partial charge >= 0.3 is 0 Å². The van der Waals surface area contributed by atoms with Crippen LogP contribution in [0.25, 0.3) is 0 Å². The second-order valence-electron chi connectivity index (χ2n) is 5.51. The van der Waals surface area contributed by atoms with Crippen molar-refractivity contribution in [2.45, 2.75) is 43.9 Å². The molecule has 2 atom stereocenters. The first kappa shape index (κ1) is 13.4. The van der Waals surface area contributed by atoms with Crippen LogP contribution in [0.1, 0.15) is 25.7 Å². The fourth-order valence-electron chi connectivity index (χ4n) is 3.44. The minimum Gasteiger partial charge on any atom is -0.490 e. The molecule has 3 heterocycles. The summed E-state index contributed by atoms with van der Waals surface area (Å²) in [5.41, 5.74) is 0. The van der Waals surface area contributed by atoms with Crippen molar-refractivity contribution in [1.29, 1.82) is 0 Å². The van der Waals surface area contributed by atoms with E-state index in [1.807, 2.05) is 17.0 Å². The Bertz CT molecular complexity index is 451. The van der Waals surface area contributed by atoms with E-state index >= 15 is 0 Å². The van der Waals surface area contributed by atoms with Gasteiger partial charge in [-0.1, -0.05) is 0 Å². The van der Waals surface area contributed by atoms with Gasteiger partial charge in [-0.3, -0.25) is 9.78 Å². The second kappa shape index (κ2) is 5.79. The van der Waals surface area contributed by atoms with Gasteiger partial charge in [0.25, 0.3) is 0 Å². The van der Waals surface area contributed by atoms with E-state index in [2.05, 4.69) is 4.98 Å². The van der Waals surface area contributed by atoms with Crippen molar-refractivity contribution >= 4 is 5.91 Å². The molecule has 1 aromatic heterocycles. The van der Waals surface area contributed by atoms with Crippen LogP contribution in [0.3, 0.4) is 0 Å². The number of amides is 1.